The molecule has 0 bridgehead atoms. The van der Waals surface area contributed by atoms with Gasteiger partial charge in [-0.25, -0.2) is 4.79 Å². The third kappa shape index (κ3) is 3.87. The molecule has 26 heavy (non-hydrogen) atoms. The highest BCUT2D eigenvalue weighted by Gasteiger charge is 2.28. The van der Waals surface area contributed by atoms with Crippen molar-refractivity contribution in [3.05, 3.63) is 27.8 Å². The van der Waals surface area contributed by atoms with E-state index in [0.717, 1.165) is 18.9 Å². The molecular formula is C17H20N2O7. The number of ether oxygens (including phenoxy) is 3. The zero-order chi connectivity index (χ0) is 18.7. The standard InChI is InChI=1S/C17H20N2O7/c1-11-2-4-18(5-3-11)16(20)10-26-17(21)12-8-14-15(25-7-6-24-14)9-13(12)19(22)23/h8-9,11H,2-7,10H2,1H3. The summed E-state index contributed by atoms with van der Waals surface area (Å²) in [5, 5.41) is 11.3. The predicted molar refractivity (Wildman–Crippen MR) is 89.3 cm³/mol. The van der Waals surface area contributed by atoms with E-state index in [1.807, 2.05) is 0 Å². The van der Waals surface area contributed by atoms with Gasteiger partial charge in [-0.2, -0.15) is 0 Å². The highest BCUT2D eigenvalue weighted by molar-refractivity contribution is 5.96. The van der Waals surface area contributed by atoms with Gasteiger partial charge in [0.1, 0.15) is 18.8 Å². The van der Waals surface area contributed by atoms with Crippen LogP contribution in [0.5, 0.6) is 11.5 Å². The van der Waals surface area contributed by atoms with Crippen molar-refractivity contribution in [3.8, 4) is 11.5 Å². The van der Waals surface area contributed by atoms with Crippen LogP contribution in [0.1, 0.15) is 30.1 Å². The molecule has 1 amide bonds. The Hall–Kier alpha value is -2.84. The number of benzene rings is 1. The molecule has 0 unspecified atom stereocenters. The van der Waals surface area contributed by atoms with Gasteiger partial charge < -0.3 is 19.1 Å². The average Bonchev–Trinajstić information content (AvgIpc) is 2.65. The molecule has 140 valence electrons. The van der Waals surface area contributed by atoms with Crippen LogP contribution in [-0.4, -0.2) is 54.6 Å². The third-order valence-corrected chi connectivity index (χ3v) is 4.54. The van der Waals surface area contributed by atoms with Gasteiger partial charge in [-0.3, -0.25) is 14.9 Å². The van der Waals surface area contributed by atoms with Crippen molar-refractivity contribution in [1.29, 1.82) is 0 Å². The maximum atomic E-state index is 12.3. The number of hydrogen-bond acceptors (Lipinski definition) is 7. The largest absolute Gasteiger partial charge is 0.486 e. The fourth-order valence-electron chi connectivity index (χ4n) is 2.95. The Morgan fingerprint density at radius 1 is 1.23 bits per heavy atom. The van der Waals surface area contributed by atoms with Crippen molar-refractivity contribution in [3.63, 3.8) is 0 Å². The predicted octanol–water partition coefficient (Wildman–Crippen LogP) is 1.78. The van der Waals surface area contributed by atoms with E-state index in [-0.39, 0.29) is 36.2 Å². The van der Waals surface area contributed by atoms with Crippen molar-refractivity contribution in [1.82, 2.24) is 4.90 Å². The van der Waals surface area contributed by atoms with Gasteiger partial charge in [0, 0.05) is 19.2 Å². The molecule has 0 saturated carbocycles. The molecule has 2 aliphatic heterocycles. The SMILES string of the molecule is CC1CCN(C(=O)COC(=O)c2cc3c(cc2[N+](=O)[O-])OCCO3)CC1. The summed E-state index contributed by atoms with van der Waals surface area (Å²) in [5.41, 5.74) is -0.710. The molecule has 1 fully saturated rings. The fraction of sp³-hybridized carbons (Fsp3) is 0.529. The number of carbonyl (C=O) groups excluding carboxylic acids is 2. The first kappa shape index (κ1) is 18.0. The van der Waals surface area contributed by atoms with Crippen LogP contribution in [0, 0.1) is 16.0 Å². The summed E-state index contributed by atoms with van der Waals surface area (Å²) in [6.45, 7) is 3.49. The van der Waals surface area contributed by atoms with Crippen molar-refractivity contribution in [2.24, 2.45) is 5.92 Å². The second-order valence-corrected chi connectivity index (χ2v) is 6.41. The maximum Gasteiger partial charge on any atom is 0.345 e. The Morgan fingerprint density at radius 2 is 1.85 bits per heavy atom. The number of likely N-dealkylation sites (tertiary alicyclic amines) is 1. The molecule has 0 aliphatic carbocycles. The van der Waals surface area contributed by atoms with Gasteiger partial charge in [0.25, 0.3) is 11.6 Å². The number of rotatable bonds is 4. The van der Waals surface area contributed by atoms with Crippen LogP contribution in [0.3, 0.4) is 0 Å². The minimum Gasteiger partial charge on any atom is -0.486 e. The molecule has 2 heterocycles. The van der Waals surface area contributed by atoms with Crippen molar-refractivity contribution in [2.45, 2.75) is 19.8 Å². The van der Waals surface area contributed by atoms with Crippen molar-refractivity contribution in [2.75, 3.05) is 32.9 Å². The molecule has 0 aromatic heterocycles. The van der Waals surface area contributed by atoms with E-state index in [1.165, 1.54) is 6.07 Å². The summed E-state index contributed by atoms with van der Waals surface area (Å²) < 4.78 is 15.7. The molecule has 2 aliphatic rings. The van der Waals surface area contributed by atoms with Gasteiger partial charge in [0.05, 0.1) is 11.0 Å². The number of nitro benzene ring substituents is 1. The zero-order valence-electron chi connectivity index (χ0n) is 14.4. The van der Waals surface area contributed by atoms with Crippen LogP contribution in [0.4, 0.5) is 5.69 Å². The normalized spacial score (nSPS) is 16.9. The first-order valence-corrected chi connectivity index (χ1v) is 8.48. The smallest absolute Gasteiger partial charge is 0.345 e. The lowest BCUT2D eigenvalue weighted by molar-refractivity contribution is -0.385. The van der Waals surface area contributed by atoms with E-state index >= 15 is 0 Å². The molecule has 0 atom stereocenters. The Bertz CT molecular complexity index is 726. The highest BCUT2D eigenvalue weighted by atomic mass is 16.6. The number of fused-ring (bicyclic) bond motifs is 1. The van der Waals surface area contributed by atoms with E-state index in [4.69, 9.17) is 14.2 Å². The monoisotopic (exact) mass is 364 g/mol. The Labute approximate surface area is 150 Å². The maximum absolute atomic E-state index is 12.3. The van der Waals surface area contributed by atoms with Gasteiger partial charge in [-0.1, -0.05) is 6.92 Å². The van der Waals surface area contributed by atoms with E-state index < -0.39 is 23.2 Å². The molecule has 0 N–H and O–H groups in total. The van der Waals surface area contributed by atoms with Crippen LogP contribution in [0.2, 0.25) is 0 Å². The van der Waals surface area contributed by atoms with E-state index in [2.05, 4.69) is 6.92 Å². The molecule has 0 spiro atoms. The van der Waals surface area contributed by atoms with E-state index in [0.29, 0.717) is 19.0 Å². The van der Waals surface area contributed by atoms with Crippen LogP contribution in [-0.2, 0) is 9.53 Å². The van der Waals surface area contributed by atoms with Gasteiger partial charge >= 0.3 is 5.97 Å². The summed E-state index contributed by atoms with van der Waals surface area (Å²) >= 11 is 0. The number of carbonyl (C=O) groups is 2. The lowest BCUT2D eigenvalue weighted by atomic mass is 9.99. The first-order chi connectivity index (χ1) is 12.5. The van der Waals surface area contributed by atoms with Gasteiger partial charge in [-0.05, 0) is 18.8 Å². The zero-order valence-corrected chi connectivity index (χ0v) is 14.4. The van der Waals surface area contributed by atoms with Crippen LogP contribution in [0.15, 0.2) is 12.1 Å². The Morgan fingerprint density at radius 3 is 2.46 bits per heavy atom. The second-order valence-electron chi connectivity index (χ2n) is 6.41. The minimum atomic E-state index is -0.938. The van der Waals surface area contributed by atoms with Gasteiger partial charge in [0.2, 0.25) is 0 Å². The minimum absolute atomic E-state index is 0.206. The molecule has 9 heteroatoms. The number of nitrogens with zero attached hydrogens (tertiary/aromatic N) is 2. The highest BCUT2D eigenvalue weighted by Crippen LogP contribution is 2.36. The van der Waals surface area contributed by atoms with E-state index in [1.54, 1.807) is 4.90 Å². The van der Waals surface area contributed by atoms with Crippen molar-refractivity contribution >= 4 is 17.6 Å². The third-order valence-electron chi connectivity index (χ3n) is 4.54. The molecular weight excluding hydrogens is 344 g/mol. The Kier molecular flexibility index (Phi) is 5.24. The summed E-state index contributed by atoms with van der Waals surface area (Å²) in [7, 11) is 0. The van der Waals surface area contributed by atoms with Crippen LogP contribution in [0.25, 0.3) is 0 Å². The topological polar surface area (TPSA) is 108 Å². The number of esters is 1. The molecule has 3 rings (SSSR count). The summed E-state index contributed by atoms with van der Waals surface area (Å²) in [4.78, 5) is 36.7. The molecule has 9 nitrogen and oxygen atoms in total. The summed E-state index contributed by atoms with van der Waals surface area (Å²) in [6.07, 6.45) is 1.82. The number of amides is 1. The lowest BCUT2D eigenvalue weighted by Crippen LogP contribution is -2.40. The first-order valence-electron chi connectivity index (χ1n) is 8.48. The fourth-order valence-corrected chi connectivity index (χ4v) is 2.95. The molecule has 1 aromatic rings. The summed E-state index contributed by atoms with van der Waals surface area (Å²) in [5.74, 6) is -0.219. The second kappa shape index (κ2) is 7.59. The number of hydrogen-bond donors (Lipinski definition) is 0. The van der Waals surface area contributed by atoms with Gasteiger partial charge in [-0.15, -0.1) is 0 Å². The molecule has 1 aromatic carbocycles. The summed E-state index contributed by atoms with van der Waals surface area (Å²) in [6, 6.07) is 2.36. The molecule has 0 radical (unpaired) electrons. The average molecular weight is 364 g/mol. The quantitative estimate of drug-likeness (QED) is 0.455. The lowest BCUT2D eigenvalue weighted by Gasteiger charge is -2.30. The van der Waals surface area contributed by atoms with Crippen molar-refractivity contribution < 1.29 is 28.7 Å². The van der Waals surface area contributed by atoms with Crippen LogP contribution < -0.4 is 9.47 Å². The van der Waals surface area contributed by atoms with Crippen LogP contribution >= 0.6 is 0 Å². The van der Waals surface area contributed by atoms with Gasteiger partial charge in [0.15, 0.2) is 18.1 Å². The number of piperidine rings is 1. The number of nitro groups is 1. The Balaban J connectivity index is 1.69. The molecule has 1 saturated heterocycles. The van der Waals surface area contributed by atoms with E-state index in [9.17, 15) is 19.7 Å².